The Bertz CT molecular complexity index is 357. The van der Waals surface area contributed by atoms with Gasteiger partial charge in [0.2, 0.25) is 0 Å². The molecule has 0 saturated heterocycles. The van der Waals surface area contributed by atoms with E-state index >= 15 is 0 Å². The van der Waals surface area contributed by atoms with Crippen LogP contribution in [0.25, 0.3) is 6.08 Å². The van der Waals surface area contributed by atoms with Gasteiger partial charge in [-0.3, -0.25) is 4.98 Å². The molecule has 13 heavy (non-hydrogen) atoms. The van der Waals surface area contributed by atoms with Gasteiger partial charge in [0.25, 0.3) is 0 Å². The zero-order chi connectivity index (χ0) is 9.68. The third-order valence-electron chi connectivity index (χ3n) is 1.35. The van der Waals surface area contributed by atoms with Crippen molar-refractivity contribution in [2.24, 2.45) is 0 Å². The quantitative estimate of drug-likeness (QED) is 0.617. The molecule has 0 aliphatic rings. The third kappa shape index (κ3) is 3.07. The van der Waals surface area contributed by atoms with Crippen LogP contribution in [0.4, 0.5) is 0 Å². The van der Waals surface area contributed by atoms with Crippen LogP contribution in [0.15, 0.2) is 24.4 Å². The summed E-state index contributed by atoms with van der Waals surface area (Å²) in [4.78, 5) is 3.80. The fourth-order valence-corrected chi connectivity index (χ4v) is 0.807. The van der Waals surface area contributed by atoms with Gasteiger partial charge in [-0.1, -0.05) is 12.1 Å². The second-order valence-corrected chi connectivity index (χ2v) is 2.39. The summed E-state index contributed by atoms with van der Waals surface area (Å²) in [5, 5.41) is 25.6. The lowest BCUT2D eigenvalue weighted by atomic mass is 9.91. The van der Waals surface area contributed by atoms with Crippen LogP contribution in [0.1, 0.15) is 11.1 Å². The molecule has 1 aromatic rings. The van der Waals surface area contributed by atoms with Gasteiger partial charge in [-0.05, 0) is 11.6 Å². The van der Waals surface area contributed by atoms with E-state index in [1.54, 1.807) is 6.07 Å². The SMILES string of the molecule is N#Cc1cncc(/C=C/B(O)O)c1. The van der Waals surface area contributed by atoms with Crippen LogP contribution in [0.2, 0.25) is 0 Å². The molecule has 0 aliphatic carbocycles. The maximum atomic E-state index is 8.53. The van der Waals surface area contributed by atoms with Crippen molar-refractivity contribution in [1.82, 2.24) is 4.98 Å². The minimum atomic E-state index is -1.48. The minimum Gasteiger partial charge on any atom is -0.424 e. The van der Waals surface area contributed by atoms with E-state index in [-0.39, 0.29) is 0 Å². The lowest BCUT2D eigenvalue weighted by Gasteiger charge is -1.92. The van der Waals surface area contributed by atoms with Crippen molar-refractivity contribution in [3.8, 4) is 6.07 Å². The lowest BCUT2D eigenvalue weighted by Crippen LogP contribution is -2.05. The Kier molecular flexibility index (Phi) is 3.20. The van der Waals surface area contributed by atoms with E-state index < -0.39 is 7.12 Å². The number of nitrogens with zero attached hydrogens (tertiary/aromatic N) is 2. The number of rotatable bonds is 2. The molecule has 5 heteroatoms. The standard InChI is InChI=1S/C8H7BN2O2/c10-4-8-3-7(5-11-6-8)1-2-9(12)13/h1-3,5-6,12-13H/b2-1+. The predicted octanol–water partition coefficient (Wildman–Crippen LogP) is -0.0215. The van der Waals surface area contributed by atoms with E-state index in [0.717, 1.165) is 0 Å². The van der Waals surface area contributed by atoms with Crippen LogP contribution in [-0.4, -0.2) is 22.2 Å². The maximum absolute atomic E-state index is 8.53. The van der Waals surface area contributed by atoms with Crippen LogP contribution in [0.5, 0.6) is 0 Å². The Morgan fingerprint density at radius 3 is 2.85 bits per heavy atom. The molecule has 0 spiro atoms. The summed E-state index contributed by atoms with van der Waals surface area (Å²) < 4.78 is 0. The number of hydrogen-bond donors (Lipinski definition) is 2. The number of hydrogen-bond acceptors (Lipinski definition) is 4. The van der Waals surface area contributed by atoms with E-state index in [4.69, 9.17) is 15.3 Å². The Balaban J connectivity index is 2.85. The molecule has 1 rings (SSSR count). The number of aromatic nitrogens is 1. The van der Waals surface area contributed by atoms with Crippen molar-refractivity contribution in [1.29, 1.82) is 5.26 Å². The van der Waals surface area contributed by atoms with Crippen molar-refractivity contribution in [2.75, 3.05) is 0 Å². The van der Waals surface area contributed by atoms with E-state index in [1.165, 1.54) is 24.4 Å². The molecular formula is C8H7BN2O2. The Morgan fingerprint density at radius 1 is 1.46 bits per heavy atom. The van der Waals surface area contributed by atoms with E-state index in [0.29, 0.717) is 11.1 Å². The van der Waals surface area contributed by atoms with Gasteiger partial charge < -0.3 is 10.0 Å². The van der Waals surface area contributed by atoms with E-state index in [2.05, 4.69) is 4.98 Å². The summed E-state index contributed by atoms with van der Waals surface area (Å²) in [5.74, 6) is 1.19. The van der Waals surface area contributed by atoms with Crippen molar-refractivity contribution < 1.29 is 10.0 Å². The minimum absolute atomic E-state index is 0.439. The number of pyridine rings is 1. The smallest absolute Gasteiger partial charge is 0.424 e. The van der Waals surface area contributed by atoms with Crippen LogP contribution in [-0.2, 0) is 0 Å². The highest BCUT2D eigenvalue weighted by molar-refractivity contribution is 6.48. The van der Waals surface area contributed by atoms with Gasteiger partial charge >= 0.3 is 7.12 Å². The van der Waals surface area contributed by atoms with Crippen LogP contribution in [0, 0.1) is 11.3 Å². The molecule has 0 fully saturated rings. The fraction of sp³-hybridized carbons (Fsp3) is 0. The second kappa shape index (κ2) is 4.41. The van der Waals surface area contributed by atoms with Crippen molar-refractivity contribution in [2.45, 2.75) is 0 Å². The first kappa shape index (κ1) is 9.45. The van der Waals surface area contributed by atoms with Gasteiger partial charge in [-0.2, -0.15) is 5.26 Å². The molecule has 2 N–H and O–H groups in total. The molecule has 4 nitrogen and oxygen atoms in total. The van der Waals surface area contributed by atoms with Gasteiger partial charge in [0, 0.05) is 12.4 Å². The van der Waals surface area contributed by atoms with Gasteiger partial charge in [0.15, 0.2) is 0 Å². The Labute approximate surface area is 75.9 Å². The Hall–Kier alpha value is -1.64. The van der Waals surface area contributed by atoms with Crippen molar-refractivity contribution >= 4 is 13.2 Å². The fourth-order valence-electron chi connectivity index (χ4n) is 0.807. The van der Waals surface area contributed by atoms with E-state index in [9.17, 15) is 0 Å². The lowest BCUT2D eigenvalue weighted by molar-refractivity contribution is 0.424. The predicted molar refractivity (Wildman–Crippen MR) is 48.2 cm³/mol. The Morgan fingerprint density at radius 2 is 2.23 bits per heavy atom. The van der Waals surface area contributed by atoms with Crippen molar-refractivity contribution in [3.05, 3.63) is 35.6 Å². The zero-order valence-electron chi connectivity index (χ0n) is 6.75. The largest absolute Gasteiger partial charge is 0.480 e. The molecule has 64 valence electrons. The average Bonchev–Trinajstić information content (AvgIpc) is 2.15. The molecule has 0 aromatic carbocycles. The highest BCUT2D eigenvalue weighted by Crippen LogP contribution is 2.03. The highest BCUT2D eigenvalue weighted by atomic mass is 16.4. The topological polar surface area (TPSA) is 77.1 Å². The second-order valence-electron chi connectivity index (χ2n) is 2.39. The molecule has 0 saturated carbocycles. The van der Waals surface area contributed by atoms with Crippen LogP contribution < -0.4 is 0 Å². The average molecular weight is 174 g/mol. The summed E-state index contributed by atoms with van der Waals surface area (Å²) >= 11 is 0. The first-order chi connectivity index (χ1) is 6.22. The van der Waals surface area contributed by atoms with Gasteiger partial charge in [-0.25, -0.2) is 0 Å². The van der Waals surface area contributed by atoms with Gasteiger partial charge in [0.05, 0.1) is 5.56 Å². The summed E-state index contributed by atoms with van der Waals surface area (Å²) in [6.45, 7) is 0. The molecule has 0 unspecified atom stereocenters. The molecule has 0 radical (unpaired) electrons. The van der Waals surface area contributed by atoms with Gasteiger partial charge in [-0.15, -0.1) is 0 Å². The first-order valence-electron chi connectivity index (χ1n) is 3.62. The normalized spacial score (nSPS) is 9.92. The zero-order valence-corrected chi connectivity index (χ0v) is 6.75. The molecule has 1 aromatic heterocycles. The van der Waals surface area contributed by atoms with Crippen LogP contribution >= 0.6 is 0 Å². The van der Waals surface area contributed by atoms with Gasteiger partial charge in [0.1, 0.15) is 6.07 Å². The molecule has 0 aliphatic heterocycles. The summed E-state index contributed by atoms with van der Waals surface area (Å²) in [6.07, 6.45) is 4.45. The number of nitriles is 1. The third-order valence-corrected chi connectivity index (χ3v) is 1.35. The van der Waals surface area contributed by atoms with Crippen LogP contribution in [0.3, 0.4) is 0 Å². The molecular weight excluding hydrogens is 167 g/mol. The summed E-state index contributed by atoms with van der Waals surface area (Å²) in [5.41, 5.74) is 1.10. The summed E-state index contributed by atoms with van der Waals surface area (Å²) in [7, 11) is -1.48. The molecule has 0 amide bonds. The molecule has 1 heterocycles. The highest BCUT2D eigenvalue weighted by Gasteiger charge is 1.98. The molecule has 0 atom stereocenters. The van der Waals surface area contributed by atoms with E-state index in [1.807, 2.05) is 6.07 Å². The van der Waals surface area contributed by atoms with Crippen molar-refractivity contribution in [3.63, 3.8) is 0 Å². The monoisotopic (exact) mass is 174 g/mol. The first-order valence-corrected chi connectivity index (χ1v) is 3.62. The summed E-state index contributed by atoms with van der Waals surface area (Å²) in [6, 6.07) is 3.54. The molecule has 0 bridgehead atoms. The maximum Gasteiger partial charge on any atom is 0.480 e.